The molecule has 0 saturated heterocycles. The van der Waals surface area contributed by atoms with Crippen molar-refractivity contribution in [3.05, 3.63) is 58.2 Å². The van der Waals surface area contributed by atoms with Crippen LogP contribution in [-0.4, -0.2) is 50.8 Å². The number of para-hydroxylation sites is 1. The van der Waals surface area contributed by atoms with Crippen molar-refractivity contribution < 1.29 is 28.5 Å². The molecule has 8 nitrogen and oxygen atoms in total. The fourth-order valence-corrected chi connectivity index (χ4v) is 3.27. The minimum Gasteiger partial charge on any atom is -0.464 e. The molecular formula is C22H27NO7. The number of carbonyl (C=O) groups excluding carboxylic acids is 1. The van der Waals surface area contributed by atoms with Gasteiger partial charge in [0.1, 0.15) is 5.58 Å². The van der Waals surface area contributed by atoms with Gasteiger partial charge >= 0.3 is 0 Å². The number of carbonyl (C=O) groups is 1. The summed E-state index contributed by atoms with van der Waals surface area (Å²) in [7, 11) is 1.55. The molecule has 8 heteroatoms. The molecule has 1 aromatic heterocycles. The number of hydrogen-bond donors (Lipinski definition) is 2. The first-order valence-electron chi connectivity index (χ1n) is 10.0. The molecule has 2 N–H and O–H groups in total. The second-order valence-corrected chi connectivity index (χ2v) is 6.99. The number of amides is 1. The predicted octanol–water partition coefficient (Wildman–Crippen LogP) is 2.06. The lowest BCUT2D eigenvalue weighted by molar-refractivity contribution is -0.146. The Bertz CT molecular complexity index is 936. The van der Waals surface area contributed by atoms with Crippen molar-refractivity contribution in [2.24, 2.45) is 0 Å². The van der Waals surface area contributed by atoms with Crippen LogP contribution < -0.4 is 10.7 Å². The number of allylic oxidation sites excluding steroid dienone is 1. The molecule has 1 aromatic carbocycles. The Hall–Kier alpha value is -2.68. The van der Waals surface area contributed by atoms with Crippen molar-refractivity contribution >= 4 is 16.9 Å². The summed E-state index contributed by atoms with van der Waals surface area (Å²) in [5.41, 5.74) is 0.818. The largest absolute Gasteiger partial charge is 0.464 e. The normalized spacial score (nSPS) is 18.7. The summed E-state index contributed by atoms with van der Waals surface area (Å²) in [5, 5.41) is 12.1. The molecule has 0 spiro atoms. The number of fused-ring (bicyclic) bond motifs is 1. The van der Waals surface area contributed by atoms with Gasteiger partial charge in [0.25, 0.3) is 5.91 Å². The first-order valence-corrected chi connectivity index (χ1v) is 10.0. The summed E-state index contributed by atoms with van der Waals surface area (Å²) in [5.74, 6) is -0.696. The van der Waals surface area contributed by atoms with Crippen LogP contribution >= 0.6 is 0 Å². The Morgan fingerprint density at radius 3 is 2.90 bits per heavy atom. The van der Waals surface area contributed by atoms with E-state index in [4.69, 9.17) is 23.7 Å². The molecule has 1 amide bonds. The molecule has 0 radical (unpaired) electrons. The lowest BCUT2D eigenvalue weighted by atomic mass is 9.93. The third-order valence-electron chi connectivity index (χ3n) is 4.84. The molecule has 2 aromatic rings. The van der Waals surface area contributed by atoms with Gasteiger partial charge < -0.3 is 29.1 Å². The average molecular weight is 417 g/mol. The molecule has 3 rings (SSSR count). The standard InChI is InChI=1S/C22H27NO7/c1-27-11-8-23-22(26)19-12-15(13-20(30-19)28-10-5-4-9-24)17-14-29-18-7-3-2-6-16(18)21(17)25/h2-3,6-7,12,14-15,20,24H,4-5,8-11,13H2,1H3,(H,23,26)/t15-,20+/m0/s1. The van der Waals surface area contributed by atoms with E-state index in [-0.39, 0.29) is 17.8 Å². The van der Waals surface area contributed by atoms with Crippen molar-refractivity contribution in [3.8, 4) is 0 Å². The van der Waals surface area contributed by atoms with Gasteiger partial charge in [-0.1, -0.05) is 12.1 Å². The van der Waals surface area contributed by atoms with Crippen LogP contribution in [0.5, 0.6) is 0 Å². The van der Waals surface area contributed by atoms with Gasteiger partial charge in [-0.25, -0.2) is 0 Å². The SMILES string of the molecule is COCCNC(=O)C1=C[C@H](c2coc3ccccc3c2=O)C[C@H](OCCCCO)O1. The maximum atomic E-state index is 13.0. The molecule has 162 valence electrons. The number of aliphatic hydroxyl groups excluding tert-OH is 1. The zero-order chi connectivity index (χ0) is 21.3. The number of methoxy groups -OCH3 is 1. The quantitative estimate of drug-likeness (QED) is 0.570. The summed E-state index contributed by atoms with van der Waals surface area (Å²) < 4.78 is 22.1. The summed E-state index contributed by atoms with van der Waals surface area (Å²) in [6, 6.07) is 7.04. The van der Waals surface area contributed by atoms with Gasteiger partial charge in [-0.2, -0.15) is 0 Å². The van der Waals surface area contributed by atoms with Gasteiger partial charge in [0.15, 0.2) is 11.2 Å². The maximum absolute atomic E-state index is 13.0. The number of nitrogens with one attached hydrogen (secondary N) is 1. The highest BCUT2D eigenvalue weighted by molar-refractivity contribution is 5.91. The van der Waals surface area contributed by atoms with Crippen LogP contribution in [0.1, 0.15) is 30.7 Å². The molecule has 0 aliphatic carbocycles. The molecule has 0 bridgehead atoms. The molecule has 1 aliphatic rings. The summed E-state index contributed by atoms with van der Waals surface area (Å²) >= 11 is 0. The number of benzene rings is 1. The van der Waals surface area contributed by atoms with Gasteiger partial charge in [-0.15, -0.1) is 0 Å². The van der Waals surface area contributed by atoms with Crippen LogP contribution in [0.25, 0.3) is 11.0 Å². The van der Waals surface area contributed by atoms with Crippen LogP contribution in [0, 0.1) is 0 Å². The minimum atomic E-state index is -0.687. The van der Waals surface area contributed by atoms with E-state index in [1.807, 2.05) is 0 Å². The molecule has 0 fully saturated rings. The van der Waals surface area contributed by atoms with Crippen molar-refractivity contribution in [1.82, 2.24) is 5.32 Å². The van der Waals surface area contributed by atoms with Crippen LogP contribution in [0.15, 0.2) is 51.6 Å². The maximum Gasteiger partial charge on any atom is 0.286 e. The summed E-state index contributed by atoms with van der Waals surface area (Å²) in [6.45, 7) is 1.17. The fourth-order valence-electron chi connectivity index (χ4n) is 3.27. The van der Waals surface area contributed by atoms with E-state index in [0.717, 1.165) is 0 Å². The molecule has 1 aliphatic heterocycles. The van der Waals surface area contributed by atoms with E-state index in [9.17, 15) is 9.59 Å². The average Bonchev–Trinajstić information content (AvgIpc) is 2.77. The van der Waals surface area contributed by atoms with Gasteiger partial charge in [-0.3, -0.25) is 9.59 Å². The van der Waals surface area contributed by atoms with E-state index in [1.165, 1.54) is 6.26 Å². The first-order chi connectivity index (χ1) is 14.6. The fraction of sp³-hybridized carbons (Fsp3) is 0.455. The second kappa shape index (κ2) is 10.9. The Morgan fingerprint density at radius 1 is 1.27 bits per heavy atom. The smallest absolute Gasteiger partial charge is 0.286 e. The number of hydrogen-bond acceptors (Lipinski definition) is 7. The first kappa shape index (κ1) is 22.0. The Kier molecular flexibility index (Phi) is 8.01. The number of unbranched alkanes of at least 4 members (excludes halogenated alkanes) is 1. The highest BCUT2D eigenvalue weighted by Crippen LogP contribution is 2.31. The lowest BCUT2D eigenvalue weighted by Crippen LogP contribution is -2.35. The summed E-state index contributed by atoms with van der Waals surface area (Å²) in [6.07, 6.45) is 4.05. The molecule has 0 unspecified atom stereocenters. The Morgan fingerprint density at radius 2 is 2.10 bits per heavy atom. The van der Waals surface area contributed by atoms with Crippen LogP contribution in [0.3, 0.4) is 0 Å². The Balaban J connectivity index is 1.84. The number of rotatable bonds is 10. The van der Waals surface area contributed by atoms with Crippen LogP contribution in [-0.2, 0) is 19.0 Å². The molecular weight excluding hydrogens is 390 g/mol. The van der Waals surface area contributed by atoms with E-state index >= 15 is 0 Å². The topological polar surface area (TPSA) is 107 Å². The van der Waals surface area contributed by atoms with Crippen molar-refractivity contribution in [1.29, 1.82) is 0 Å². The Labute approximate surface area is 174 Å². The van der Waals surface area contributed by atoms with Gasteiger partial charge in [-0.05, 0) is 31.1 Å². The van der Waals surface area contributed by atoms with Crippen molar-refractivity contribution in [3.63, 3.8) is 0 Å². The monoisotopic (exact) mass is 417 g/mol. The number of aliphatic hydroxyl groups is 1. The third kappa shape index (κ3) is 5.47. The predicted molar refractivity (Wildman–Crippen MR) is 110 cm³/mol. The molecule has 30 heavy (non-hydrogen) atoms. The zero-order valence-corrected chi connectivity index (χ0v) is 17.0. The van der Waals surface area contributed by atoms with Gasteiger partial charge in [0, 0.05) is 38.2 Å². The van der Waals surface area contributed by atoms with Crippen LogP contribution in [0.2, 0.25) is 0 Å². The van der Waals surface area contributed by atoms with E-state index in [1.54, 1.807) is 37.5 Å². The highest BCUT2D eigenvalue weighted by Gasteiger charge is 2.30. The second-order valence-electron chi connectivity index (χ2n) is 6.99. The molecule has 0 saturated carbocycles. The van der Waals surface area contributed by atoms with Crippen molar-refractivity contribution in [2.75, 3.05) is 33.5 Å². The summed E-state index contributed by atoms with van der Waals surface area (Å²) in [4.78, 5) is 25.5. The van der Waals surface area contributed by atoms with Crippen molar-refractivity contribution in [2.45, 2.75) is 31.5 Å². The van der Waals surface area contributed by atoms with E-state index in [2.05, 4.69) is 5.32 Å². The zero-order valence-electron chi connectivity index (χ0n) is 17.0. The third-order valence-corrected chi connectivity index (χ3v) is 4.84. The minimum absolute atomic E-state index is 0.0860. The molecule has 2 atom stereocenters. The number of ether oxygens (including phenoxy) is 3. The van der Waals surface area contributed by atoms with E-state index < -0.39 is 18.1 Å². The van der Waals surface area contributed by atoms with Crippen LogP contribution in [0.4, 0.5) is 0 Å². The highest BCUT2D eigenvalue weighted by atomic mass is 16.7. The van der Waals surface area contributed by atoms with Gasteiger partial charge in [0.05, 0.1) is 24.9 Å². The van der Waals surface area contributed by atoms with Gasteiger partial charge in [0.2, 0.25) is 6.29 Å². The molecule has 2 heterocycles. The van der Waals surface area contributed by atoms with E-state index in [0.29, 0.717) is 55.6 Å². The lowest BCUT2D eigenvalue weighted by Gasteiger charge is -2.29.